The molecule has 4 N–H and O–H groups in total. The van der Waals surface area contributed by atoms with Crippen LogP contribution in [0.4, 0.5) is 5.82 Å². The lowest BCUT2D eigenvalue weighted by molar-refractivity contribution is 0.0303. The van der Waals surface area contributed by atoms with Gasteiger partial charge in [0.15, 0.2) is 5.82 Å². The Morgan fingerprint density at radius 1 is 1.11 bits per heavy atom. The minimum Gasteiger partial charge on any atom is -0.382 e. The Balaban J connectivity index is 1.67. The summed E-state index contributed by atoms with van der Waals surface area (Å²) in [6.07, 6.45) is 1.71. The minimum absolute atomic E-state index is 0.0274. The van der Waals surface area contributed by atoms with E-state index in [0.717, 1.165) is 51.8 Å². The van der Waals surface area contributed by atoms with Gasteiger partial charge in [-0.2, -0.15) is 0 Å². The first kappa shape index (κ1) is 23.1. The number of nitrogens with zero attached hydrogens (tertiary/aromatic N) is 4. The number of imidazole rings is 1. The second kappa shape index (κ2) is 9.19. The lowest BCUT2D eigenvalue weighted by atomic mass is 9.92. The molecule has 1 amide bonds. The highest BCUT2D eigenvalue weighted by atomic mass is 16.5. The number of aryl methyl sites for hydroxylation is 1. The monoisotopic (exact) mass is 472 g/mol. The molecule has 0 aliphatic carbocycles. The molecule has 0 unspecified atom stereocenters. The Labute approximate surface area is 204 Å². The van der Waals surface area contributed by atoms with Crippen molar-refractivity contribution in [3.8, 4) is 11.1 Å². The number of anilines is 1. The minimum atomic E-state index is 0.0274. The van der Waals surface area contributed by atoms with E-state index in [1.165, 1.54) is 0 Å². The molecule has 2 aromatic carbocycles. The van der Waals surface area contributed by atoms with Crippen LogP contribution in [0.15, 0.2) is 36.4 Å². The third kappa shape index (κ3) is 4.08. The number of ether oxygens (including phenoxy) is 1. The van der Waals surface area contributed by atoms with Crippen LogP contribution in [0.25, 0.3) is 33.1 Å². The Bertz CT molecular complexity index is 1420. The van der Waals surface area contributed by atoms with Crippen molar-refractivity contribution in [2.45, 2.75) is 39.5 Å². The second-order valence-electron chi connectivity index (χ2n) is 9.44. The quantitative estimate of drug-likeness (QED) is 0.423. The molecule has 35 heavy (non-hydrogen) atoms. The molecule has 1 fully saturated rings. The predicted molar refractivity (Wildman–Crippen MR) is 140 cm³/mol. The molecule has 5 rings (SSSR count). The van der Waals surface area contributed by atoms with Crippen molar-refractivity contribution in [2.24, 2.45) is 0 Å². The number of nitrogen functional groups attached to an aromatic ring is 2. The van der Waals surface area contributed by atoms with E-state index in [1.54, 1.807) is 4.68 Å². The van der Waals surface area contributed by atoms with Crippen molar-refractivity contribution in [2.75, 3.05) is 37.9 Å². The van der Waals surface area contributed by atoms with Gasteiger partial charge in [-0.1, -0.05) is 39.0 Å². The fourth-order valence-corrected chi connectivity index (χ4v) is 4.88. The summed E-state index contributed by atoms with van der Waals surface area (Å²) in [5.41, 5.74) is 12.3. The van der Waals surface area contributed by atoms with Gasteiger partial charge < -0.3 is 21.2 Å². The maximum Gasteiger partial charge on any atom is 0.254 e. The van der Waals surface area contributed by atoms with Gasteiger partial charge in [0.25, 0.3) is 5.91 Å². The molecule has 1 aliphatic heterocycles. The van der Waals surface area contributed by atoms with Gasteiger partial charge in [-0.05, 0) is 47.2 Å². The molecule has 0 radical (unpaired) electrons. The van der Waals surface area contributed by atoms with Crippen molar-refractivity contribution < 1.29 is 9.53 Å². The van der Waals surface area contributed by atoms with E-state index >= 15 is 0 Å². The molecule has 0 spiro atoms. The fourth-order valence-electron chi connectivity index (χ4n) is 4.88. The van der Waals surface area contributed by atoms with Crippen LogP contribution in [-0.2, 0) is 11.2 Å². The summed E-state index contributed by atoms with van der Waals surface area (Å²) in [4.78, 5) is 24.4. The Hall–Kier alpha value is -3.65. The van der Waals surface area contributed by atoms with E-state index in [-0.39, 0.29) is 11.8 Å². The molecule has 3 heterocycles. The number of carbonyl (C=O) groups is 1. The third-order valence-electron chi connectivity index (χ3n) is 6.69. The van der Waals surface area contributed by atoms with Crippen LogP contribution in [0.1, 0.15) is 54.9 Å². The number of carbonyl (C=O) groups excluding carboxylic acids is 1. The Morgan fingerprint density at radius 3 is 2.60 bits per heavy atom. The lowest BCUT2D eigenvalue weighted by Crippen LogP contribution is -2.40. The number of nitrogens with two attached hydrogens (primary N) is 2. The van der Waals surface area contributed by atoms with Crippen LogP contribution in [0, 0.1) is 0 Å². The summed E-state index contributed by atoms with van der Waals surface area (Å²) in [5, 5.41) is 0.978. The van der Waals surface area contributed by atoms with E-state index < -0.39 is 0 Å². The second-order valence-corrected chi connectivity index (χ2v) is 9.44. The van der Waals surface area contributed by atoms with Crippen LogP contribution in [0.2, 0.25) is 0 Å². The zero-order valence-corrected chi connectivity index (χ0v) is 20.5. The molecule has 2 aromatic heterocycles. The molecular formula is C27H32N6O2. The van der Waals surface area contributed by atoms with Gasteiger partial charge in [0.05, 0.1) is 18.7 Å². The van der Waals surface area contributed by atoms with Crippen LogP contribution in [0.3, 0.4) is 0 Å². The van der Waals surface area contributed by atoms with Crippen LogP contribution in [0.5, 0.6) is 0 Å². The number of morpholine rings is 1. The first-order valence-electron chi connectivity index (χ1n) is 12.3. The molecule has 8 nitrogen and oxygen atoms in total. The van der Waals surface area contributed by atoms with Crippen LogP contribution >= 0.6 is 0 Å². The van der Waals surface area contributed by atoms with Crippen molar-refractivity contribution >= 4 is 33.7 Å². The largest absolute Gasteiger partial charge is 0.382 e. The summed E-state index contributed by atoms with van der Waals surface area (Å²) in [5.74, 6) is 7.94. The van der Waals surface area contributed by atoms with Crippen LogP contribution < -0.4 is 11.6 Å². The van der Waals surface area contributed by atoms with Gasteiger partial charge in [-0.15, -0.1) is 0 Å². The summed E-state index contributed by atoms with van der Waals surface area (Å²) < 4.78 is 7.07. The fraction of sp³-hybridized carbons (Fsp3) is 0.370. The van der Waals surface area contributed by atoms with E-state index in [0.29, 0.717) is 43.2 Å². The van der Waals surface area contributed by atoms with E-state index in [4.69, 9.17) is 26.3 Å². The highest BCUT2D eigenvalue weighted by Gasteiger charge is 2.22. The number of fused-ring (bicyclic) bond motifs is 3. The summed E-state index contributed by atoms with van der Waals surface area (Å²) >= 11 is 0. The van der Waals surface area contributed by atoms with Crippen LogP contribution in [-0.4, -0.2) is 51.8 Å². The number of amides is 1. The summed E-state index contributed by atoms with van der Waals surface area (Å²) in [6, 6.07) is 12.0. The van der Waals surface area contributed by atoms with Gasteiger partial charge in [0.2, 0.25) is 0 Å². The molecule has 0 atom stereocenters. The molecule has 1 aliphatic rings. The lowest BCUT2D eigenvalue weighted by Gasteiger charge is -2.27. The average Bonchev–Trinajstić information content (AvgIpc) is 3.20. The van der Waals surface area contributed by atoms with Crippen molar-refractivity contribution in [1.29, 1.82) is 0 Å². The van der Waals surface area contributed by atoms with Crippen molar-refractivity contribution in [1.82, 2.24) is 19.5 Å². The normalized spacial score (nSPS) is 14.3. The first-order chi connectivity index (χ1) is 16.9. The number of benzene rings is 2. The predicted octanol–water partition coefficient (Wildman–Crippen LogP) is 4.10. The van der Waals surface area contributed by atoms with E-state index in [1.807, 2.05) is 35.2 Å². The maximum absolute atomic E-state index is 13.1. The molecule has 182 valence electrons. The van der Waals surface area contributed by atoms with E-state index in [2.05, 4.69) is 26.8 Å². The van der Waals surface area contributed by atoms with Gasteiger partial charge in [0, 0.05) is 30.5 Å². The summed E-state index contributed by atoms with van der Waals surface area (Å²) in [6.45, 7) is 8.79. The maximum atomic E-state index is 13.1. The third-order valence-corrected chi connectivity index (χ3v) is 6.69. The Kier molecular flexibility index (Phi) is 6.06. The van der Waals surface area contributed by atoms with Crippen molar-refractivity contribution in [3.05, 3.63) is 53.3 Å². The highest BCUT2D eigenvalue weighted by molar-refractivity contribution is 6.09. The molecule has 8 heteroatoms. The molecular weight excluding hydrogens is 440 g/mol. The first-order valence-corrected chi connectivity index (χ1v) is 12.3. The Morgan fingerprint density at radius 2 is 1.89 bits per heavy atom. The van der Waals surface area contributed by atoms with E-state index in [9.17, 15) is 4.79 Å². The van der Waals surface area contributed by atoms with Gasteiger partial charge in [-0.3, -0.25) is 4.79 Å². The molecule has 1 saturated heterocycles. The van der Waals surface area contributed by atoms with Crippen molar-refractivity contribution in [3.63, 3.8) is 0 Å². The number of aromatic nitrogens is 3. The number of rotatable bonds is 5. The molecule has 0 saturated carbocycles. The topological polar surface area (TPSA) is 112 Å². The standard InChI is InChI=1S/C27H32N6O2/c1-4-6-22-31-24-25(33(22)29)23-20(16(2)3)14-19(15-21(23)30-26(24)28)17-7-5-8-18(13-17)27(34)32-9-11-35-12-10-32/h5,7-8,13-16H,4,6,9-12,29H2,1-3H3,(H2,28,30). The molecule has 0 bridgehead atoms. The number of hydrogen-bond acceptors (Lipinski definition) is 6. The van der Waals surface area contributed by atoms with Gasteiger partial charge >= 0.3 is 0 Å². The zero-order valence-electron chi connectivity index (χ0n) is 20.5. The zero-order chi connectivity index (χ0) is 24.7. The highest BCUT2D eigenvalue weighted by Crippen LogP contribution is 2.37. The average molecular weight is 473 g/mol. The SMILES string of the molecule is CCCc1nc2c(N)nc3cc(-c4cccc(C(=O)N5CCOCC5)c4)cc(C(C)C)c3c2n1N. The number of hydrogen-bond donors (Lipinski definition) is 2. The molecule has 4 aromatic rings. The number of pyridine rings is 1. The summed E-state index contributed by atoms with van der Waals surface area (Å²) in [7, 11) is 0. The van der Waals surface area contributed by atoms with Gasteiger partial charge in [-0.25, -0.2) is 14.6 Å². The van der Waals surface area contributed by atoms with Gasteiger partial charge in [0.1, 0.15) is 16.9 Å². The smallest absolute Gasteiger partial charge is 0.254 e.